The van der Waals surface area contributed by atoms with E-state index in [2.05, 4.69) is 11.8 Å². The molecule has 2 heterocycles. The molecule has 2 fully saturated rings. The fourth-order valence-electron chi connectivity index (χ4n) is 3.47. The molecule has 104 valence electrons. The summed E-state index contributed by atoms with van der Waals surface area (Å²) in [7, 11) is 0. The molecule has 3 rings (SSSR count). The predicted molar refractivity (Wildman–Crippen MR) is 79.8 cm³/mol. The van der Waals surface area contributed by atoms with Crippen molar-refractivity contribution in [2.45, 2.75) is 55.1 Å². The summed E-state index contributed by atoms with van der Waals surface area (Å²) in [5.74, 6) is 0.859. The Kier molecular flexibility index (Phi) is 3.77. The zero-order chi connectivity index (χ0) is 13.3. The number of ether oxygens (including phenoxy) is 1. The highest BCUT2D eigenvalue weighted by molar-refractivity contribution is 8.00. The van der Waals surface area contributed by atoms with E-state index in [1.165, 1.54) is 19.3 Å². The number of aliphatic hydroxyl groups is 1. The van der Waals surface area contributed by atoms with Gasteiger partial charge in [0.05, 0.1) is 12.2 Å². The first-order valence-corrected chi connectivity index (χ1v) is 8.26. The maximum atomic E-state index is 11.2. The van der Waals surface area contributed by atoms with Crippen LogP contribution in [0.2, 0.25) is 0 Å². The van der Waals surface area contributed by atoms with Crippen LogP contribution >= 0.6 is 11.8 Å². The van der Waals surface area contributed by atoms with Crippen molar-refractivity contribution in [3.63, 3.8) is 0 Å². The lowest BCUT2D eigenvalue weighted by Gasteiger charge is -2.44. The Hall–Kier alpha value is -0.670. The summed E-state index contributed by atoms with van der Waals surface area (Å²) in [5, 5.41) is 12.4. The van der Waals surface area contributed by atoms with Crippen molar-refractivity contribution in [3.8, 4) is 5.75 Å². The number of hydrogen-bond donors (Lipinski definition) is 1. The maximum absolute atomic E-state index is 11.2. The summed E-state index contributed by atoms with van der Waals surface area (Å²) >= 11 is 2.09. The summed E-state index contributed by atoms with van der Waals surface area (Å²) < 4.78 is 5.71. The zero-order valence-electron chi connectivity index (χ0n) is 11.5. The van der Waals surface area contributed by atoms with Crippen molar-refractivity contribution in [1.29, 1.82) is 0 Å². The number of thioether (sulfide) groups is 1. The van der Waals surface area contributed by atoms with Gasteiger partial charge in [-0.3, -0.25) is 0 Å². The van der Waals surface area contributed by atoms with Crippen molar-refractivity contribution in [1.82, 2.24) is 0 Å². The van der Waals surface area contributed by atoms with Crippen molar-refractivity contribution in [3.05, 3.63) is 29.8 Å². The third-order valence-electron chi connectivity index (χ3n) is 4.26. The van der Waals surface area contributed by atoms with Gasteiger partial charge in [0.25, 0.3) is 0 Å². The third kappa shape index (κ3) is 2.63. The van der Waals surface area contributed by atoms with E-state index in [-0.39, 0.29) is 0 Å². The highest BCUT2D eigenvalue weighted by atomic mass is 32.2. The first-order chi connectivity index (χ1) is 9.21. The second-order valence-corrected chi connectivity index (χ2v) is 7.29. The van der Waals surface area contributed by atoms with E-state index in [0.29, 0.717) is 17.1 Å². The standard InChI is InChI=1S/C16H22O2S/c1-2-18-15-9-4-3-8-14(15)16(17)10-12-6-5-7-13(11-16)19-12/h3-4,8-9,12-13,17H,2,5-7,10-11H2,1H3. The van der Waals surface area contributed by atoms with E-state index in [4.69, 9.17) is 4.74 Å². The van der Waals surface area contributed by atoms with Crippen molar-refractivity contribution in [2.24, 2.45) is 0 Å². The Bertz CT molecular complexity index is 434. The molecule has 1 aromatic rings. The van der Waals surface area contributed by atoms with E-state index in [1.54, 1.807) is 0 Å². The zero-order valence-corrected chi connectivity index (χ0v) is 12.3. The summed E-state index contributed by atoms with van der Waals surface area (Å²) in [6, 6.07) is 8.01. The average molecular weight is 278 g/mol. The fraction of sp³-hybridized carbons (Fsp3) is 0.625. The lowest BCUT2D eigenvalue weighted by atomic mass is 9.80. The van der Waals surface area contributed by atoms with Crippen molar-refractivity contribution >= 4 is 11.8 Å². The molecule has 2 aliphatic rings. The number of fused-ring (bicyclic) bond motifs is 2. The Morgan fingerprint density at radius 2 is 1.95 bits per heavy atom. The molecule has 2 bridgehead atoms. The van der Waals surface area contributed by atoms with Gasteiger partial charge in [0.1, 0.15) is 5.75 Å². The minimum atomic E-state index is -0.688. The van der Waals surface area contributed by atoms with E-state index in [0.717, 1.165) is 24.2 Å². The number of rotatable bonds is 3. The van der Waals surface area contributed by atoms with Crippen LogP contribution < -0.4 is 4.74 Å². The second kappa shape index (κ2) is 5.37. The molecule has 0 amide bonds. The molecule has 0 saturated carbocycles. The number of benzene rings is 1. The molecule has 0 spiro atoms. The van der Waals surface area contributed by atoms with Gasteiger partial charge in [0.2, 0.25) is 0 Å². The molecule has 3 heteroatoms. The monoisotopic (exact) mass is 278 g/mol. The highest BCUT2D eigenvalue weighted by Gasteiger charge is 2.43. The smallest absolute Gasteiger partial charge is 0.125 e. The summed E-state index contributed by atoms with van der Waals surface area (Å²) in [5.41, 5.74) is 0.307. The summed E-state index contributed by atoms with van der Waals surface area (Å²) in [4.78, 5) is 0. The van der Waals surface area contributed by atoms with Crippen LogP contribution in [-0.2, 0) is 5.60 Å². The van der Waals surface area contributed by atoms with Gasteiger partial charge < -0.3 is 9.84 Å². The topological polar surface area (TPSA) is 29.5 Å². The fourth-order valence-corrected chi connectivity index (χ4v) is 5.36. The lowest BCUT2D eigenvalue weighted by Crippen LogP contribution is -2.40. The Balaban J connectivity index is 1.91. The molecule has 0 radical (unpaired) electrons. The normalized spacial score (nSPS) is 34.0. The van der Waals surface area contributed by atoms with Crippen LogP contribution in [0.25, 0.3) is 0 Å². The molecule has 19 heavy (non-hydrogen) atoms. The molecule has 0 aromatic heterocycles. The molecule has 2 nitrogen and oxygen atoms in total. The first kappa shape index (κ1) is 13.3. The van der Waals surface area contributed by atoms with Gasteiger partial charge in [-0.25, -0.2) is 0 Å². The molecule has 0 aliphatic carbocycles. The molecule has 2 saturated heterocycles. The molecule has 1 aromatic carbocycles. The quantitative estimate of drug-likeness (QED) is 0.913. The van der Waals surface area contributed by atoms with Crippen LogP contribution in [0, 0.1) is 0 Å². The van der Waals surface area contributed by atoms with Gasteiger partial charge >= 0.3 is 0 Å². The molecular weight excluding hydrogens is 256 g/mol. The van der Waals surface area contributed by atoms with Crippen LogP contribution in [0.1, 0.15) is 44.6 Å². The van der Waals surface area contributed by atoms with Gasteiger partial charge in [0, 0.05) is 16.1 Å². The van der Waals surface area contributed by atoms with Gasteiger partial charge in [-0.2, -0.15) is 11.8 Å². The maximum Gasteiger partial charge on any atom is 0.125 e. The lowest BCUT2D eigenvalue weighted by molar-refractivity contribution is 0.00572. The van der Waals surface area contributed by atoms with Crippen LogP contribution in [0.4, 0.5) is 0 Å². The summed E-state index contributed by atoms with van der Waals surface area (Å²) in [6.07, 6.45) is 5.57. The minimum absolute atomic E-state index is 0.618. The van der Waals surface area contributed by atoms with E-state index >= 15 is 0 Å². The van der Waals surface area contributed by atoms with Crippen molar-refractivity contribution < 1.29 is 9.84 Å². The third-order valence-corrected chi connectivity index (χ3v) is 5.83. The van der Waals surface area contributed by atoms with Gasteiger partial charge in [-0.15, -0.1) is 0 Å². The van der Waals surface area contributed by atoms with Crippen LogP contribution in [0.15, 0.2) is 24.3 Å². The van der Waals surface area contributed by atoms with Crippen molar-refractivity contribution in [2.75, 3.05) is 6.61 Å². The van der Waals surface area contributed by atoms with Gasteiger partial charge in [-0.05, 0) is 38.7 Å². The average Bonchev–Trinajstić information content (AvgIpc) is 2.39. The summed E-state index contributed by atoms with van der Waals surface area (Å²) in [6.45, 7) is 2.64. The van der Waals surface area contributed by atoms with Gasteiger partial charge in [-0.1, -0.05) is 24.6 Å². The minimum Gasteiger partial charge on any atom is -0.493 e. The predicted octanol–water partition coefficient (Wildman–Crippen LogP) is 3.72. The number of hydrogen-bond acceptors (Lipinski definition) is 3. The van der Waals surface area contributed by atoms with E-state index in [1.807, 2.05) is 31.2 Å². The van der Waals surface area contributed by atoms with E-state index < -0.39 is 5.60 Å². The molecule has 2 atom stereocenters. The van der Waals surface area contributed by atoms with Crippen LogP contribution in [-0.4, -0.2) is 22.2 Å². The molecular formula is C16H22O2S. The molecule has 1 N–H and O–H groups in total. The van der Waals surface area contributed by atoms with E-state index in [9.17, 15) is 5.11 Å². The second-order valence-electron chi connectivity index (χ2n) is 5.68. The first-order valence-electron chi connectivity index (χ1n) is 7.31. The highest BCUT2D eigenvalue weighted by Crippen LogP contribution is 2.50. The Morgan fingerprint density at radius 1 is 1.26 bits per heavy atom. The SMILES string of the molecule is CCOc1ccccc1C1(O)CC2CCCC(C1)S2. The Morgan fingerprint density at radius 3 is 2.63 bits per heavy atom. The molecule has 2 unspecified atom stereocenters. The number of para-hydroxylation sites is 1. The molecule has 2 aliphatic heterocycles. The van der Waals surface area contributed by atoms with Gasteiger partial charge in [0.15, 0.2) is 0 Å². The van der Waals surface area contributed by atoms with Crippen LogP contribution in [0.3, 0.4) is 0 Å². The Labute approximate surface area is 119 Å². The largest absolute Gasteiger partial charge is 0.493 e. The van der Waals surface area contributed by atoms with Crippen LogP contribution in [0.5, 0.6) is 5.75 Å².